The van der Waals surface area contributed by atoms with Gasteiger partial charge in [-0.2, -0.15) is 4.31 Å². The molecule has 6 nitrogen and oxygen atoms in total. The van der Waals surface area contributed by atoms with Crippen LogP contribution in [0.2, 0.25) is 0 Å². The minimum absolute atomic E-state index is 0.280. The number of sulfonamides is 1. The molecule has 0 radical (unpaired) electrons. The maximum Gasteiger partial charge on any atom is 0.211 e. The highest BCUT2D eigenvalue weighted by Crippen LogP contribution is 2.23. The van der Waals surface area contributed by atoms with Crippen LogP contribution in [0.25, 0.3) is 0 Å². The first-order chi connectivity index (χ1) is 6.73. The Bertz CT molecular complexity index is 317. The molecule has 7 heteroatoms. The molecule has 90 valence electrons. The van der Waals surface area contributed by atoms with Gasteiger partial charge in [0.15, 0.2) is 6.29 Å². The molecule has 0 amide bonds. The van der Waals surface area contributed by atoms with Crippen LogP contribution < -0.4 is 0 Å². The van der Waals surface area contributed by atoms with Gasteiger partial charge < -0.3 is 14.9 Å². The lowest BCUT2D eigenvalue weighted by molar-refractivity contribution is -0.226. The molecule has 0 aromatic heterocycles. The van der Waals surface area contributed by atoms with Gasteiger partial charge in [-0.15, -0.1) is 0 Å². The number of nitrogens with zero attached hydrogens (tertiary/aromatic N) is 1. The first-order valence-corrected chi connectivity index (χ1v) is 6.53. The first kappa shape index (κ1) is 12.9. The second-order valence-corrected chi connectivity index (χ2v) is 5.95. The molecule has 0 spiro atoms. The van der Waals surface area contributed by atoms with Gasteiger partial charge in [0.1, 0.15) is 6.10 Å². The molecular formula is C8H17NO5S. The number of likely N-dealkylation sites (N-methyl/N-ethyl adjacent to an activating group) is 1. The Labute approximate surface area is 89.5 Å². The fourth-order valence-corrected chi connectivity index (χ4v) is 2.36. The van der Waals surface area contributed by atoms with Crippen molar-refractivity contribution in [2.24, 2.45) is 0 Å². The first-order valence-electron chi connectivity index (χ1n) is 4.68. The standard InChI is InChI=1S/C8H17NO5S/c1-5-4-6(7(10)8(11)14-5)9(2)15(3,12)13/h5-8,10-11H,4H2,1-3H3/t5-,6+,7-,8?/m1/s1. The van der Waals surface area contributed by atoms with Gasteiger partial charge in [-0.3, -0.25) is 0 Å². The molecule has 4 atom stereocenters. The Morgan fingerprint density at radius 1 is 1.40 bits per heavy atom. The summed E-state index contributed by atoms with van der Waals surface area (Å²) in [7, 11) is -1.99. The molecule has 1 aliphatic heterocycles. The van der Waals surface area contributed by atoms with E-state index in [0.717, 1.165) is 10.6 Å². The maximum atomic E-state index is 11.3. The summed E-state index contributed by atoms with van der Waals surface area (Å²) in [6.45, 7) is 1.72. The predicted molar refractivity (Wildman–Crippen MR) is 53.6 cm³/mol. The highest BCUT2D eigenvalue weighted by atomic mass is 32.2. The zero-order valence-corrected chi connectivity index (χ0v) is 9.81. The molecule has 15 heavy (non-hydrogen) atoms. The fraction of sp³-hybridized carbons (Fsp3) is 1.00. The van der Waals surface area contributed by atoms with Crippen molar-refractivity contribution in [3.05, 3.63) is 0 Å². The molecule has 0 aliphatic carbocycles. The van der Waals surface area contributed by atoms with Crippen LogP contribution in [-0.2, 0) is 14.8 Å². The molecule has 1 rings (SSSR count). The van der Waals surface area contributed by atoms with Crippen LogP contribution in [0.3, 0.4) is 0 Å². The molecule has 1 unspecified atom stereocenters. The second-order valence-electron chi connectivity index (χ2n) is 3.91. The van der Waals surface area contributed by atoms with E-state index in [2.05, 4.69) is 0 Å². The number of ether oxygens (including phenoxy) is 1. The van der Waals surface area contributed by atoms with Crippen molar-refractivity contribution in [2.45, 2.75) is 37.9 Å². The van der Waals surface area contributed by atoms with Gasteiger partial charge in [0.25, 0.3) is 0 Å². The highest BCUT2D eigenvalue weighted by Gasteiger charge is 2.39. The average molecular weight is 239 g/mol. The number of hydrogen-bond acceptors (Lipinski definition) is 5. The Balaban J connectivity index is 2.84. The number of aliphatic hydroxyl groups is 2. The maximum absolute atomic E-state index is 11.3. The van der Waals surface area contributed by atoms with Crippen molar-refractivity contribution in [1.29, 1.82) is 0 Å². The molecule has 1 heterocycles. The fourth-order valence-electron chi connectivity index (χ4n) is 1.65. The monoisotopic (exact) mass is 239 g/mol. The summed E-state index contributed by atoms with van der Waals surface area (Å²) in [5.74, 6) is 0. The lowest BCUT2D eigenvalue weighted by Crippen LogP contribution is -2.55. The summed E-state index contributed by atoms with van der Waals surface area (Å²) in [5.41, 5.74) is 0. The lowest BCUT2D eigenvalue weighted by Gasteiger charge is -2.39. The van der Waals surface area contributed by atoms with Gasteiger partial charge in [-0.25, -0.2) is 8.42 Å². The number of aliphatic hydroxyl groups excluding tert-OH is 2. The van der Waals surface area contributed by atoms with E-state index in [0.29, 0.717) is 6.42 Å². The van der Waals surface area contributed by atoms with Crippen molar-refractivity contribution in [1.82, 2.24) is 4.31 Å². The molecule has 0 bridgehead atoms. The van der Waals surface area contributed by atoms with Gasteiger partial charge in [0.2, 0.25) is 10.0 Å². The van der Waals surface area contributed by atoms with Crippen LogP contribution in [0, 0.1) is 0 Å². The Hall–Kier alpha value is -0.210. The van der Waals surface area contributed by atoms with Gasteiger partial charge in [-0.1, -0.05) is 0 Å². The van der Waals surface area contributed by atoms with Crippen molar-refractivity contribution in [2.75, 3.05) is 13.3 Å². The van der Waals surface area contributed by atoms with Crippen LogP contribution in [0.5, 0.6) is 0 Å². The molecule has 1 fully saturated rings. The number of rotatable bonds is 2. The molecule has 1 aliphatic rings. The van der Waals surface area contributed by atoms with E-state index >= 15 is 0 Å². The Kier molecular flexibility index (Phi) is 3.72. The van der Waals surface area contributed by atoms with Gasteiger partial charge in [0.05, 0.1) is 18.4 Å². The van der Waals surface area contributed by atoms with E-state index < -0.39 is 28.5 Å². The van der Waals surface area contributed by atoms with E-state index in [4.69, 9.17) is 4.74 Å². The van der Waals surface area contributed by atoms with Gasteiger partial charge in [0, 0.05) is 7.05 Å². The lowest BCUT2D eigenvalue weighted by atomic mass is 10.0. The van der Waals surface area contributed by atoms with Crippen LogP contribution in [0.15, 0.2) is 0 Å². The second kappa shape index (κ2) is 4.34. The third-order valence-corrected chi connectivity index (χ3v) is 3.94. The summed E-state index contributed by atoms with van der Waals surface area (Å²) in [6, 6.07) is -0.640. The van der Waals surface area contributed by atoms with Crippen LogP contribution >= 0.6 is 0 Å². The van der Waals surface area contributed by atoms with Crippen LogP contribution in [0.1, 0.15) is 13.3 Å². The summed E-state index contributed by atoms with van der Waals surface area (Å²) in [4.78, 5) is 0. The largest absolute Gasteiger partial charge is 0.386 e. The van der Waals surface area contributed by atoms with E-state index in [1.54, 1.807) is 6.92 Å². The van der Waals surface area contributed by atoms with Crippen LogP contribution in [-0.4, -0.2) is 60.8 Å². The van der Waals surface area contributed by atoms with Crippen molar-refractivity contribution < 1.29 is 23.4 Å². The molecule has 0 aromatic rings. The minimum atomic E-state index is -3.38. The highest BCUT2D eigenvalue weighted by molar-refractivity contribution is 7.88. The van der Waals surface area contributed by atoms with E-state index in [9.17, 15) is 18.6 Å². The average Bonchev–Trinajstić information content (AvgIpc) is 2.08. The molecule has 2 N–H and O–H groups in total. The summed E-state index contributed by atoms with van der Waals surface area (Å²) in [6.07, 6.45) is -1.39. The van der Waals surface area contributed by atoms with E-state index in [-0.39, 0.29) is 6.10 Å². The zero-order valence-electron chi connectivity index (χ0n) is 8.99. The number of hydrogen-bond donors (Lipinski definition) is 2. The smallest absolute Gasteiger partial charge is 0.211 e. The Morgan fingerprint density at radius 3 is 2.40 bits per heavy atom. The molecule has 0 saturated carbocycles. The third-order valence-electron chi connectivity index (χ3n) is 2.62. The van der Waals surface area contributed by atoms with E-state index in [1.807, 2.05) is 0 Å². The van der Waals surface area contributed by atoms with Crippen molar-refractivity contribution >= 4 is 10.0 Å². The zero-order chi connectivity index (χ0) is 11.8. The van der Waals surface area contributed by atoms with Gasteiger partial charge >= 0.3 is 0 Å². The summed E-state index contributed by atoms with van der Waals surface area (Å²) >= 11 is 0. The van der Waals surface area contributed by atoms with E-state index in [1.165, 1.54) is 7.05 Å². The normalized spacial score (nSPS) is 38.3. The van der Waals surface area contributed by atoms with Crippen LogP contribution in [0.4, 0.5) is 0 Å². The molecular weight excluding hydrogens is 222 g/mol. The van der Waals surface area contributed by atoms with Crippen molar-refractivity contribution in [3.63, 3.8) is 0 Å². The predicted octanol–water partition coefficient (Wildman–Crippen LogP) is -1.27. The van der Waals surface area contributed by atoms with Crippen molar-refractivity contribution in [3.8, 4) is 0 Å². The summed E-state index contributed by atoms with van der Waals surface area (Å²) < 4.78 is 28.6. The minimum Gasteiger partial charge on any atom is -0.386 e. The molecule has 0 aromatic carbocycles. The Morgan fingerprint density at radius 2 is 1.93 bits per heavy atom. The summed E-state index contributed by atoms with van der Waals surface area (Å²) in [5, 5.41) is 18.9. The third kappa shape index (κ3) is 2.88. The SMILES string of the molecule is C[C@@H]1C[C@H](N(C)S(C)(=O)=O)[C@@H](O)C(O)O1. The molecule has 1 saturated heterocycles. The quantitative estimate of drug-likeness (QED) is 0.627. The van der Waals surface area contributed by atoms with Gasteiger partial charge in [-0.05, 0) is 13.3 Å². The topological polar surface area (TPSA) is 87.1 Å².